The quantitative estimate of drug-likeness (QED) is 0.620. The molecule has 1 saturated heterocycles. The van der Waals surface area contributed by atoms with Gasteiger partial charge in [0.2, 0.25) is 11.2 Å². The molecule has 1 aliphatic rings. The van der Waals surface area contributed by atoms with E-state index < -0.39 is 23.1 Å². The van der Waals surface area contributed by atoms with Crippen molar-refractivity contribution in [2.75, 3.05) is 13.1 Å². The molecule has 1 aromatic heterocycles. The van der Waals surface area contributed by atoms with Crippen molar-refractivity contribution >= 4 is 11.0 Å². The van der Waals surface area contributed by atoms with Gasteiger partial charge < -0.3 is 19.2 Å². The summed E-state index contributed by atoms with van der Waals surface area (Å²) in [5.41, 5.74) is -0.0728. The van der Waals surface area contributed by atoms with Gasteiger partial charge in [-0.3, -0.25) is 4.79 Å². The highest BCUT2D eigenvalue weighted by Crippen LogP contribution is 2.39. The first-order valence-electron chi connectivity index (χ1n) is 10.6. The second-order valence-electron chi connectivity index (χ2n) is 8.57. The van der Waals surface area contributed by atoms with Crippen molar-refractivity contribution in [3.63, 3.8) is 0 Å². The van der Waals surface area contributed by atoms with Crippen LogP contribution in [0, 0.1) is 12.8 Å². The van der Waals surface area contributed by atoms with Crippen molar-refractivity contribution in [1.82, 2.24) is 0 Å². The van der Waals surface area contributed by atoms with Crippen molar-refractivity contribution in [1.29, 1.82) is 0 Å². The summed E-state index contributed by atoms with van der Waals surface area (Å²) in [6, 6.07) is 8.92. The molecule has 2 N–H and O–H groups in total. The van der Waals surface area contributed by atoms with Gasteiger partial charge in [0.05, 0.1) is 24.0 Å². The van der Waals surface area contributed by atoms with E-state index in [2.05, 4.69) is 6.92 Å². The second-order valence-corrected chi connectivity index (χ2v) is 8.57. The molecule has 2 heterocycles. The lowest BCUT2D eigenvalue weighted by atomic mass is 9.99. The van der Waals surface area contributed by atoms with Crippen LogP contribution >= 0.6 is 0 Å². The predicted octanol–water partition coefficient (Wildman–Crippen LogP) is 4.43. The number of aromatic hydroxyl groups is 1. The summed E-state index contributed by atoms with van der Waals surface area (Å²) in [5, 5.41) is 10.4. The average Bonchev–Trinajstić information content (AvgIpc) is 2.72. The zero-order chi connectivity index (χ0) is 23.0. The van der Waals surface area contributed by atoms with Gasteiger partial charge in [-0.25, -0.2) is 0 Å². The van der Waals surface area contributed by atoms with Crippen LogP contribution in [-0.2, 0) is 12.7 Å². The fraction of sp³-hybridized carbons (Fsp3) is 0.375. The van der Waals surface area contributed by atoms with Gasteiger partial charge in [-0.05, 0) is 44.0 Å². The van der Waals surface area contributed by atoms with E-state index in [1.165, 1.54) is 24.3 Å². The first kappa shape index (κ1) is 22.2. The third-order valence-electron chi connectivity index (χ3n) is 5.89. The van der Waals surface area contributed by atoms with Gasteiger partial charge in [0.15, 0.2) is 5.58 Å². The molecular formula is C24H25F3NO4+. The highest BCUT2D eigenvalue weighted by molar-refractivity contribution is 5.83. The summed E-state index contributed by atoms with van der Waals surface area (Å²) < 4.78 is 52.3. The molecule has 170 valence electrons. The largest absolute Gasteiger partial charge is 0.507 e. The summed E-state index contributed by atoms with van der Waals surface area (Å²) >= 11 is 0. The lowest BCUT2D eigenvalue weighted by molar-refractivity contribution is -0.922. The summed E-state index contributed by atoms with van der Waals surface area (Å²) in [4.78, 5) is 14.2. The van der Waals surface area contributed by atoms with E-state index in [4.69, 9.17) is 9.15 Å². The summed E-state index contributed by atoms with van der Waals surface area (Å²) in [6.45, 7) is 5.89. The minimum absolute atomic E-state index is 0.0580. The van der Waals surface area contributed by atoms with E-state index in [9.17, 15) is 23.1 Å². The number of likely N-dealkylation sites (tertiary alicyclic amines) is 1. The number of benzene rings is 2. The maximum Gasteiger partial charge on any atom is 0.453 e. The van der Waals surface area contributed by atoms with Crippen molar-refractivity contribution < 1.29 is 32.3 Å². The van der Waals surface area contributed by atoms with Gasteiger partial charge in [-0.15, -0.1) is 0 Å². The van der Waals surface area contributed by atoms with Gasteiger partial charge in [0, 0.05) is 5.92 Å². The van der Waals surface area contributed by atoms with Crippen LogP contribution in [0.5, 0.6) is 17.2 Å². The van der Waals surface area contributed by atoms with Gasteiger partial charge in [0.1, 0.15) is 18.0 Å². The van der Waals surface area contributed by atoms with Crippen LogP contribution in [-0.4, -0.2) is 18.2 Å². The molecule has 0 amide bonds. The predicted molar refractivity (Wildman–Crippen MR) is 113 cm³/mol. The Morgan fingerprint density at radius 3 is 2.56 bits per heavy atom. The lowest BCUT2D eigenvalue weighted by Gasteiger charge is -2.28. The number of quaternary nitrogens is 1. The van der Waals surface area contributed by atoms with Gasteiger partial charge >= 0.3 is 6.18 Å². The topological polar surface area (TPSA) is 64.1 Å². The molecule has 2 aromatic carbocycles. The van der Waals surface area contributed by atoms with E-state index in [0.717, 1.165) is 36.4 Å². The fourth-order valence-electron chi connectivity index (χ4n) is 4.27. The van der Waals surface area contributed by atoms with Gasteiger partial charge in [0.25, 0.3) is 5.76 Å². The Hall–Kier alpha value is -3.00. The number of nitrogens with one attached hydrogen (secondary N) is 1. The molecule has 1 aliphatic heterocycles. The minimum Gasteiger partial charge on any atom is -0.507 e. The smallest absolute Gasteiger partial charge is 0.453 e. The number of fused-ring (bicyclic) bond motifs is 1. The lowest BCUT2D eigenvalue weighted by Crippen LogP contribution is -3.12. The Balaban J connectivity index is 1.85. The molecule has 1 unspecified atom stereocenters. The number of phenolic OH excluding ortho intramolecular Hbond substituents is 1. The number of alkyl halides is 3. The molecule has 3 aromatic rings. The van der Waals surface area contributed by atoms with Crippen LogP contribution in [0.3, 0.4) is 0 Å². The number of piperidine rings is 1. The van der Waals surface area contributed by atoms with E-state index in [1.54, 1.807) is 12.1 Å². The Kier molecular flexibility index (Phi) is 5.90. The molecule has 4 rings (SSSR count). The van der Waals surface area contributed by atoms with Crippen LogP contribution in [0.4, 0.5) is 13.2 Å². The van der Waals surface area contributed by atoms with Crippen LogP contribution in [0.25, 0.3) is 11.0 Å². The van der Waals surface area contributed by atoms with E-state index in [0.29, 0.717) is 5.92 Å². The zero-order valence-corrected chi connectivity index (χ0v) is 17.9. The number of aryl methyl sites for hydroxylation is 1. The molecule has 0 aliphatic carbocycles. The third kappa shape index (κ3) is 4.46. The molecule has 32 heavy (non-hydrogen) atoms. The number of rotatable bonds is 4. The molecule has 0 bridgehead atoms. The number of hydrogen-bond acceptors (Lipinski definition) is 4. The van der Waals surface area contributed by atoms with Crippen molar-refractivity contribution in [2.24, 2.45) is 5.92 Å². The number of phenols is 1. The SMILES string of the molecule is Cc1ccc(Oc2c(C(F)(F)F)oc3c(C[NH+]4CCC[C@@H](C)C4)c(O)ccc3c2=O)cc1. The van der Waals surface area contributed by atoms with Crippen molar-refractivity contribution in [2.45, 2.75) is 39.4 Å². The maximum atomic E-state index is 13.9. The van der Waals surface area contributed by atoms with Crippen molar-refractivity contribution in [3.05, 3.63) is 63.5 Å². The Labute approximate surface area is 183 Å². The Morgan fingerprint density at radius 2 is 1.91 bits per heavy atom. The highest BCUT2D eigenvalue weighted by Gasteiger charge is 2.41. The van der Waals surface area contributed by atoms with Gasteiger partial charge in [-0.1, -0.05) is 24.6 Å². The standard InChI is InChI=1S/C24H24F3NO4/c1-14-5-7-16(8-6-14)31-22-20(30)17-9-10-19(29)18(13-28-11-3-4-15(2)12-28)21(17)32-23(22)24(25,26)27/h5-10,15,29H,3-4,11-13H2,1-2H3/p+1/t15-/m1/s1. The van der Waals surface area contributed by atoms with Crippen LogP contribution in [0.15, 0.2) is 45.6 Å². The molecule has 0 saturated carbocycles. The molecule has 0 spiro atoms. The normalized spacial score (nSPS) is 19.3. The summed E-state index contributed by atoms with van der Waals surface area (Å²) in [6.07, 6.45) is -2.87. The van der Waals surface area contributed by atoms with E-state index in [1.807, 2.05) is 6.92 Å². The van der Waals surface area contributed by atoms with Crippen LogP contribution in [0.1, 0.15) is 36.7 Å². The molecule has 0 radical (unpaired) electrons. The number of ether oxygens (including phenoxy) is 1. The van der Waals surface area contributed by atoms with Crippen LogP contribution in [0.2, 0.25) is 0 Å². The monoisotopic (exact) mass is 448 g/mol. The molecule has 1 fully saturated rings. The first-order valence-corrected chi connectivity index (χ1v) is 10.6. The minimum atomic E-state index is -4.96. The third-order valence-corrected chi connectivity index (χ3v) is 5.89. The zero-order valence-electron chi connectivity index (χ0n) is 17.9. The van der Waals surface area contributed by atoms with E-state index in [-0.39, 0.29) is 34.6 Å². The van der Waals surface area contributed by atoms with E-state index >= 15 is 0 Å². The number of hydrogen-bond donors (Lipinski definition) is 2. The highest BCUT2D eigenvalue weighted by atomic mass is 19.4. The number of halogens is 3. The Morgan fingerprint density at radius 1 is 1.19 bits per heavy atom. The fourth-order valence-corrected chi connectivity index (χ4v) is 4.27. The molecule has 2 atom stereocenters. The summed E-state index contributed by atoms with van der Waals surface area (Å²) in [7, 11) is 0. The molecule has 5 nitrogen and oxygen atoms in total. The van der Waals surface area contributed by atoms with Gasteiger partial charge in [-0.2, -0.15) is 13.2 Å². The Bertz CT molecular complexity index is 1190. The average molecular weight is 448 g/mol. The van der Waals surface area contributed by atoms with Crippen molar-refractivity contribution in [3.8, 4) is 17.2 Å². The van der Waals surface area contributed by atoms with Crippen LogP contribution < -0.4 is 15.1 Å². The maximum absolute atomic E-state index is 13.9. The molecular weight excluding hydrogens is 423 g/mol. The molecule has 8 heteroatoms. The second kappa shape index (κ2) is 8.50. The first-order chi connectivity index (χ1) is 15.1. The summed E-state index contributed by atoms with van der Waals surface area (Å²) in [5.74, 6) is -2.04.